The molecule has 2 aromatic heterocycles. The average molecular weight is 372 g/mol. The first-order valence-corrected chi connectivity index (χ1v) is 9.99. The predicted octanol–water partition coefficient (Wildman–Crippen LogP) is 2.10. The molecule has 7 nitrogen and oxygen atoms in total. The maximum atomic E-state index is 13.0. The Morgan fingerprint density at radius 3 is 2.77 bits per heavy atom. The molecule has 1 amide bonds. The molecule has 0 aromatic carbocycles. The van der Waals surface area contributed by atoms with Crippen LogP contribution in [-0.4, -0.2) is 70.7 Å². The highest BCUT2D eigenvalue weighted by Gasteiger charge is 2.28. The van der Waals surface area contributed by atoms with E-state index in [1.807, 2.05) is 24.0 Å². The molecular formula is C18H24N6OS. The van der Waals surface area contributed by atoms with Crippen LogP contribution in [0, 0.1) is 6.92 Å². The molecule has 2 aliphatic heterocycles. The Labute approximate surface area is 157 Å². The van der Waals surface area contributed by atoms with Crippen molar-refractivity contribution in [1.82, 2.24) is 25.0 Å². The number of aromatic nitrogens is 3. The van der Waals surface area contributed by atoms with Crippen molar-refractivity contribution < 1.29 is 4.79 Å². The van der Waals surface area contributed by atoms with Crippen molar-refractivity contribution in [1.29, 1.82) is 0 Å². The minimum absolute atomic E-state index is 0.0645. The second kappa shape index (κ2) is 7.28. The van der Waals surface area contributed by atoms with Crippen LogP contribution >= 0.6 is 11.3 Å². The highest BCUT2D eigenvalue weighted by Crippen LogP contribution is 2.35. The van der Waals surface area contributed by atoms with Crippen LogP contribution in [0.2, 0.25) is 0 Å². The number of anilines is 2. The molecule has 0 atom stereocenters. The highest BCUT2D eigenvalue weighted by atomic mass is 32.1. The van der Waals surface area contributed by atoms with Crippen LogP contribution in [0.3, 0.4) is 0 Å². The molecule has 8 heteroatoms. The minimum atomic E-state index is 0.0645. The van der Waals surface area contributed by atoms with E-state index in [0.717, 1.165) is 69.3 Å². The van der Waals surface area contributed by atoms with Gasteiger partial charge in [0.15, 0.2) is 10.8 Å². The number of hydrogen-bond acceptors (Lipinski definition) is 7. The SMILES string of the molecule is Cc1ccc(N2CCCc3sc(C(=O)N4CCCN(C)CC4)nc32)nn1. The molecule has 2 aromatic rings. The lowest BCUT2D eigenvalue weighted by Crippen LogP contribution is -2.34. The summed E-state index contributed by atoms with van der Waals surface area (Å²) < 4.78 is 0. The van der Waals surface area contributed by atoms with Crippen LogP contribution in [0.1, 0.15) is 33.2 Å². The first kappa shape index (κ1) is 17.4. The van der Waals surface area contributed by atoms with E-state index in [4.69, 9.17) is 4.98 Å². The summed E-state index contributed by atoms with van der Waals surface area (Å²) in [6.07, 6.45) is 3.02. The summed E-state index contributed by atoms with van der Waals surface area (Å²) in [5, 5.41) is 9.07. The van der Waals surface area contributed by atoms with Crippen LogP contribution < -0.4 is 4.90 Å². The van der Waals surface area contributed by atoms with E-state index in [9.17, 15) is 4.79 Å². The molecule has 0 radical (unpaired) electrons. The van der Waals surface area contributed by atoms with Gasteiger partial charge in [-0.05, 0) is 51.9 Å². The average Bonchev–Trinajstić information content (AvgIpc) is 2.97. The molecule has 0 saturated carbocycles. The van der Waals surface area contributed by atoms with E-state index in [1.54, 1.807) is 11.3 Å². The van der Waals surface area contributed by atoms with Gasteiger partial charge in [-0.15, -0.1) is 16.4 Å². The van der Waals surface area contributed by atoms with Crippen molar-refractivity contribution in [3.05, 3.63) is 27.7 Å². The van der Waals surface area contributed by atoms with E-state index >= 15 is 0 Å². The Balaban J connectivity index is 1.58. The van der Waals surface area contributed by atoms with E-state index in [2.05, 4.69) is 27.0 Å². The number of rotatable bonds is 2. The molecule has 0 unspecified atom stereocenters. The fourth-order valence-corrected chi connectivity index (χ4v) is 4.53. The first-order chi connectivity index (χ1) is 12.6. The predicted molar refractivity (Wildman–Crippen MR) is 102 cm³/mol. The van der Waals surface area contributed by atoms with Gasteiger partial charge >= 0.3 is 0 Å². The van der Waals surface area contributed by atoms with Gasteiger partial charge < -0.3 is 14.7 Å². The number of likely N-dealkylation sites (N-methyl/N-ethyl adjacent to an activating group) is 1. The summed E-state index contributed by atoms with van der Waals surface area (Å²) in [7, 11) is 2.11. The normalized spacial score (nSPS) is 18.5. The largest absolute Gasteiger partial charge is 0.335 e. The van der Waals surface area contributed by atoms with Crippen LogP contribution in [0.5, 0.6) is 0 Å². The lowest BCUT2D eigenvalue weighted by Gasteiger charge is -2.25. The molecule has 2 aliphatic rings. The number of carbonyl (C=O) groups is 1. The van der Waals surface area contributed by atoms with Crippen molar-refractivity contribution in [3.8, 4) is 0 Å². The van der Waals surface area contributed by atoms with Gasteiger partial charge in [0, 0.05) is 31.1 Å². The zero-order valence-electron chi connectivity index (χ0n) is 15.3. The highest BCUT2D eigenvalue weighted by molar-refractivity contribution is 7.14. The summed E-state index contributed by atoms with van der Waals surface area (Å²) in [5.74, 6) is 1.75. The van der Waals surface area contributed by atoms with Crippen LogP contribution in [0.15, 0.2) is 12.1 Å². The molecule has 0 spiro atoms. The molecule has 4 heterocycles. The third-order valence-electron chi connectivity index (χ3n) is 4.97. The smallest absolute Gasteiger partial charge is 0.282 e. The van der Waals surface area contributed by atoms with Crippen molar-refractivity contribution in [2.75, 3.05) is 44.7 Å². The number of fused-ring (bicyclic) bond motifs is 1. The van der Waals surface area contributed by atoms with Gasteiger partial charge in [0.1, 0.15) is 5.82 Å². The van der Waals surface area contributed by atoms with Gasteiger partial charge in [-0.25, -0.2) is 4.98 Å². The summed E-state index contributed by atoms with van der Waals surface area (Å²) in [4.78, 5) is 25.2. The zero-order chi connectivity index (χ0) is 18.1. The number of thiazole rings is 1. The van der Waals surface area contributed by atoms with Gasteiger partial charge in [-0.1, -0.05) is 0 Å². The fraction of sp³-hybridized carbons (Fsp3) is 0.556. The van der Waals surface area contributed by atoms with Crippen LogP contribution in [0.4, 0.5) is 11.6 Å². The summed E-state index contributed by atoms with van der Waals surface area (Å²) >= 11 is 1.54. The Kier molecular flexibility index (Phi) is 4.86. The fourth-order valence-electron chi connectivity index (χ4n) is 3.46. The van der Waals surface area contributed by atoms with Crippen LogP contribution in [0.25, 0.3) is 0 Å². The molecule has 1 fully saturated rings. The number of hydrogen-bond donors (Lipinski definition) is 0. The second-order valence-electron chi connectivity index (χ2n) is 7.00. The molecule has 138 valence electrons. The quantitative estimate of drug-likeness (QED) is 0.804. The number of nitrogens with zero attached hydrogens (tertiary/aromatic N) is 6. The lowest BCUT2D eigenvalue weighted by molar-refractivity contribution is 0.0762. The molecule has 1 saturated heterocycles. The Morgan fingerprint density at radius 1 is 1.08 bits per heavy atom. The van der Waals surface area contributed by atoms with Gasteiger partial charge in [-0.2, -0.15) is 5.10 Å². The molecular weight excluding hydrogens is 348 g/mol. The maximum Gasteiger partial charge on any atom is 0.282 e. The van der Waals surface area contributed by atoms with Gasteiger partial charge in [0.25, 0.3) is 5.91 Å². The minimum Gasteiger partial charge on any atom is -0.335 e. The molecule has 0 aliphatic carbocycles. The van der Waals surface area contributed by atoms with Crippen LogP contribution in [-0.2, 0) is 6.42 Å². The topological polar surface area (TPSA) is 65.5 Å². The van der Waals surface area contributed by atoms with E-state index in [1.165, 1.54) is 4.88 Å². The number of carbonyl (C=O) groups excluding carboxylic acids is 1. The molecule has 4 rings (SSSR count). The van der Waals surface area contributed by atoms with E-state index in [0.29, 0.717) is 5.01 Å². The van der Waals surface area contributed by atoms with Gasteiger partial charge in [-0.3, -0.25) is 4.79 Å². The Bertz CT molecular complexity index is 789. The van der Waals surface area contributed by atoms with Crippen molar-refractivity contribution in [2.24, 2.45) is 0 Å². The summed E-state index contributed by atoms with van der Waals surface area (Å²) in [6.45, 7) is 6.32. The van der Waals surface area contributed by atoms with Gasteiger partial charge in [0.05, 0.1) is 5.69 Å². The monoisotopic (exact) mass is 372 g/mol. The van der Waals surface area contributed by atoms with Crippen molar-refractivity contribution >= 4 is 28.9 Å². The van der Waals surface area contributed by atoms with E-state index in [-0.39, 0.29) is 5.91 Å². The molecule has 0 bridgehead atoms. The molecule has 0 N–H and O–H groups in total. The third-order valence-corrected chi connectivity index (χ3v) is 6.06. The Hall–Kier alpha value is -2.06. The standard InChI is InChI=1S/C18H24N6OS/c1-13-6-7-15(21-20-13)24-10-3-5-14-16(24)19-17(26-14)18(25)23-9-4-8-22(2)11-12-23/h6-7H,3-5,8-12H2,1-2H3. The molecule has 26 heavy (non-hydrogen) atoms. The first-order valence-electron chi connectivity index (χ1n) is 9.17. The summed E-state index contributed by atoms with van der Waals surface area (Å²) in [5.41, 5.74) is 0.895. The number of amides is 1. The third kappa shape index (κ3) is 3.43. The van der Waals surface area contributed by atoms with Crippen molar-refractivity contribution in [3.63, 3.8) is 0 Å². The van der Waals surface area contributed by atoms with Gasteiger partial charge in [0.2, 0.25) is 0 Å². The van der Waals surface area contributed by atoms with E-state index < -0.39 is 0 Å². The number of aryl methyl sites for hydroxylation is 2. The summed E-state index contributed by atoms with van der Waals surface area (Å²) in [6, 6.07) is 3.94. The lowest BCUT2D eigenvalue weighted by atomic mass is 10.2. The Morgan fingerprint density at radius 2 is 1.96 bits per heavy atom. The second-order valence-corrected chi connectivity index (χ2v) is 8.09. The zero-order valence-corrected chi connectivity index (χ0v) is 16.1. The maximum absolute atomic E-state index is 13.0. The van der Waals surface area contributed by atoms with Crippen molar-refractivity contribution in [2.45, 2.75) is 26.2 Å².